The van der Waals surface area contributed by atoms with Gasteiger partial charge in [-0.3, -0.25) is 4.79 Å². The van der Waals surface area contributed by atoms with E-state index in [2.05, 4.69) is 46.8 Å². The number of thiazole rings is 1. The van der Waals surface area contributed by atoms with Crippen LogP contribution in [0.1, 0.15) is 25.0 Å². The molecule has 4 aromatic rings. The number of benzene rings is 3. The van der Waals surface area contributed by atoms with Gasteiger partial charge in [-0.25, -0.2) is 4.98 Å². The molecule has 0 aliphatic carbocycles. The molecular formula is C29H25BrN4OS. The Hall–Kier alpha value is -3.55. The Bertz CT molecular complexity index is 1420. The Morgan fingerprint density at radius 3 is 2.28 bits per heavy atom. The van der Waals surface area contributed by atoms with Crippen molar-refractivity contribution in [2.45, 2.75) is 13.8 Å². The summed E-state index contributed by atoms with van der Waals surface area (Å²) in [5, 5.41) is 8.67. The van der Waals surface area contributed by atoms with Crippen molar-refractivity contribution in [2.75, 3.05) is 23.0 Å². The van der Waals surface area contributed by atoms with Crippen LogP contribution in [0.25, 0.3) is 17.3 Å². The molecule has 0 fully saturated rings. The molecule has 36 heavy (non-hydrogen) atoms. The number of amides is 1. The van der Waals surface area contributed by atoms with Crippen LogP contribution in [0.5, 0.6) is 0 Å². The summed E-state index contributed by atoms with van der Waals surface area (Å²) < 4.78 is 1.01. The molecule has 2 heterocycles. The monoisotopic (exact) mass is 556 g/mol. The summed E-state index contributed by atoms with van der Waals surface area (Å²) in [7, 11) is 0. The molecule has 7 heteroatoms. The molecule has 0 atom stereocenters. The van der Waals surface area contributed by atoms with E-state index in [1.165, 1.54) is 22.0 Å². The van der Waals surface area contributed by atoms with Crippen molar-refractivity contribution in [3.05, 3.63) is 105 Å². The normalized spacial score (nSPS) is 14.4. The van der Waals surface area contributed by atoms with Gasteiger partial charge < -0.3 is 4.90 Å². The predicted octanol–water partition coefficient (Wildman–Crippen LogP) is 7.25. The van der Waals surface area contributed by atoms with Gasteiger partial charge in [0.25, 0.3) is 5.91 Å². The van der Waals surface area contributed by atoms with Crippen LogP contribution in [0.4, 0.5) is 10.8 Å². The molecule has 0 unspecified atom stereocenters. The highest BCUT2D eigenvalue weighted by Gasteiger charge is 2.33. The summed E-state index contributed by atoms with van der Waals surface area (Å²) in [4.78, 5) is 20.7. The van der Waals surface area contributed by atoms with Crippen molar-refractivity contribution < 1.29 is 4.79 Å². The van der Waals surface area contributed by atoms with Gasteiger partial charge in [0.1, 0.15) is 5.71 Å². The molecule has 1 aliphatic rings. The van der Waals surface area contributed by atoms with Gasteiger partial charge in [-0.15, -0.1) is 11.3 Å². The molecule has 0 saturated heterocycles. The van der Waals surface area contributed by atoms with Gasteiger partial charge in [0.15, 0.2) is 0 Å². The molecule has 0 saturated carbocycles. The molecule has 0 N–H and O–H groups in total. The van der Waals surface area contributed by atoms with Crippen LogP contribution in [-0.2, 0) is 4.79 Å². The lowest BCUT2D eigenvalue weighted by molar-refractivity contribution is -0.114. The number of hydrazone groups is 1. The molecule has 1 aromatic heterocycles. The minimum atomic E-state index is -0.182. The number of aromatic nitrogens is 1. The van der Waals surface area contributed by atoms with Gasteiger partial charge in [-0.05, 0) is 49.8 Å². The number of hydrogen-bond donors (Lipinski definition) is 0. The van der Waals surface area contributed by atoms with Crippen molar-refractivity contribution in [2.24, 2.45) is 5.10 Å². The number of halogens is 1. The summed E-state index contributed by atoms with van der Waals surface area (Å²) in [6.07, 6.45) is 1.92. The Labute approximate surface area is 223 Å². The number of nitrogens with zero attached hydrogens (tertiary/aromatic N) is 4. The summed E-state index contributed by atoms with van der Waals surface area (Å²) in [6, 6.07) is 26.1. The zero-order valence-electron chi connectivity index (χ0n) is 20.1. The Balaban J connectivity index is 1.50. The number of carbonyl (C=O) groups excluding carboxylic acids is 1. The number of anilines is 2. The summed E-state index contributed by atoms with van der Waals surface area (Å²) in [5.74, 6) is -0.182. The first-order valence-electron chi connectivity index (χ1n) is 11.8. The van der Waals surface area contributed by atoms with E-state index in [1.54, 1.807) is 0 Å². The van der Waals surface area contributed by atoms with Gasteiger partial charge >= 0.3 is 0 Å². The lowest BCUT2D eigenvalue weighted by Gasteiger charge is -2.20. The molecule has 180 valence electrons. The van der Waals surface area contributed by atoms with Crippen molar-refractivity contribution in [3.8, 4) is 11.3 Å². The summed E-state index contributed by atoms with van der Waals surface area (Å²) >= 11 is 4.88. The zero-order valence-corrected chi connectivity index (χ0v) is 22.5. The van der Waals surface area contributed by atoms with Crippen molar-refractivity contribution in [1.82, 2.24) is 4.98 Å². The molecule has 0 radical (unpaired) electrons. The Kier molecular flexibility index (Phi) is 7.11. The highest BCUT2D eigenvalue weighted by molar-refractivity contribution is 9.10. The fourth-order valence-electron chi connectivity index (χ4n) is 4.14. The first kappa shape index (κ1) is 24.2. The van der Waals surface area contributed by atoms with Crippen LogP contribution in [-0.4, -0.2) is 29.7 Å². The topological polar surface area (TPSA) is 48.8 Å². The van der Waals surface area contributed by atoms with Crippen LogP contribution in [0.15, 0.2) is 99.4 Å². The molecule has 5 rings (SSSR count). The fourth-order valence-corrected chi connectivity index (χ4v) is 5.18. The standard InChI is InChI=1S/C29H25BrN4OS/c1-3-33(4-2)24-16-10-20(11-17-24)18-25-27(22-8-6-5-7-9-22)32-34(28(25)35)29-31-26(19-36-29)21-12-14-23(30)15-13-21/h5-19H,3-4H2,1-2H3/b25-18+. The maximum atomic E-state index is 13.6. The third-order valence-corrected chi connectivity index (χ3v) is 7.42. The van der Waals surface area contributed by atoms with E-state index in [-0.39, 0.29) is 5.91 Å². The second kappa shape index (κ2) is 10.6. The number of rotatable bonds is 7. The average Bonchev–Trinajstić information content (AvgIpc) is 3.52. The van der Waals surface area contributed by atoms with E-state index in [0.717, 1.165) is 39.9 Å². The molecule has 0 bridgehead atoms. The molecule has 5 nitrogen and oxygen atoms in total. The van der Waals surface area contributed by atoms with Gasteiger partial charge in [0, 0.05) is 39.8 Å². The van der Waals surface area contributed by atoms with Crippen molar-refractivity contribution >= 4 is 55.8 Å². The van der Waals surface area contributed by atoms with Gasteiger partial charge in [-0.1, -0.05) is 70.5 Å². The first-order valence-corrected chi connectivity index (χ1v) is 13.5. The van der Waals surface area contributed by atoms with Crippen LogP contribution >= 0.6 is 27.3 Å². The van der Waals surface area contributed by atoms with E-state index >= 15 is 0 Å². The molecule has 1 amide bonds. The van der Waals surface area contributed by atoms with E-state index in [1.807, 2.05) is 78.2 Å². The molecule has 0 spiro atoms. The third kappa shape index (κ3) is 4.90. The largest absolute Gasteiger partial charge is 0.372 e. The van der Waals surface area contributed by atoms with Crippen LogP contribution in [0.2, 0.25) is 0 Å². The second-order valence-electron chi connectivity index (χ2n) is 8.28. The Morgan fingerprint density at radius 2 is 1.61 bits per heavy atom. The van der Waals surface area contributed by atoms with Crippen LogP contribution < -0.4 is 9.91 Å². The van der Waals surface area contributed by atoms with E-state index in [4.69, 9.17) is 10.1 Å². The second-order valence-corrected chi connectivity index (χ2v) is 10.0. The van der Waals surface area contributed by atoms with E-state index in [0.29, 0.717) is 16.4 Å². The van der Waals surface area contributed by atoms with Crippen molar-refractivity contribution in [1.29, 1.82) is 0 Å². The molecule has 3 aromatic carbocycles. The van der Waals surface area contributed by atoms with Gasteiger partial charge in [0.05, 0.1) is 11.3 Å². The van der Waals surface area contributed by atoms with E-state index in [9.17, 15) is 4.79 Å². The minimum absolute atomic E-state index is 0.182. The minimum Gasteiger partial charge on any atom is -0.372 e. The SMILES string of the molecule is CCN(CC)c1ccc(/C=C2/C(=O)N(c3nc(-c4ccc(Br)cc4)cs3)N=C2c2ccccc2)cc1. The summed E-state index contributed by atoms with van der Waals surface area (Å²) in [6.45, 7) is 6.19. The fraction of sp³-hybridized carbons (Fsp3) is 0.138. The van der Waals surface area contributed by atoms with E-state index < -0.39 is 0 Å². The average molecular weight is 558 g/mol. The summed E-state index contributed by atoms with van der Waals surface area (Å²) in [5.41, 5.74) is 6.02. The Morgan fingerprint density at radius 1 is 0.917 bits per heavy atom. The van der Waals surface area contributed by atoms with Gasteiger partial charge in [0.2, 0.25) is 5.13 Å². The lowest BCUT2D eigenvalue weighted by Crippen LogP contribution is -2.21. The maximum absolute atomic E-state index is 13.6. The highest BCUT2D eigenvalue weighted by Crippen LogP contribution is 2.33. The van der Waals surface area contributed by atoms with Gasteiger partial charge in [-0.2, -0.15) is 10.1 Å². The first-order chi connectivity index (χ1) is 17.6. The third-order valence-electron chi connectivity index (χ3n) is 6.07. The zero-order chi connectivity index (χ0) is 25.1. The maximum Gasteiger partial charge on any atom is 0.283 e. The predicted molar refractivity (Wildman–Crippen MR) is 154 cm³/mol. The van der Waals surface area contributed by atoms with Crippen LogP contribution in [0.3, 0.4) is 0 Å². The quantitative estimate of drug-likeness (QED) is 0.225. The van der Waals surface area contributed by atoms with Crippen molar-refractivity contribution in [3.63, 3.8) is 0 Å². The number of carbonyl (C=O) groups is 1. The van der Waals surface area contributed by atoms with Crippen LogP contribution in [0, 0.1) is 0 Å². The number of hydrogen-bond acceptors (Lipinski definition) is 5. The smallest absolute Gasteiger partial charge is 0.283 e. The molecule has 1 aliphatic heterocycles. The lowest BCUT2D eigenvalue weighted by atomic mass is 10.0. The highest BCUT2D eigenvalue weighted by atomic mass is 79.9. The molecular weight excluding hydrogens is 532 g/mol.